The second-order valence-corrected chi connectivity index (χ2v) is 5.00. The van der Waals surface area contributed by atoms with Crippen molar-refractivity contribution in [3.05, 3.63) is 54.6 Å². The Bertz CT molecular complexity index is 600. The van der Waals surface area contributed by atoms with Crippen LogP contribution in [0.15, 0.2) is 54.6 Å². The maximum absolute atomic E-state index is 5.75. The lowest BCUT2D eigenvalue weighted by atomic mass is 10.2. The van der Waals surface area contributed by atoms with Gasteiger partial charge in [0.05, 0.1) is 12.3 Å². The van der Waals surface area contributed by atoms with E-state index in [2.05, 4.69) is 10.2 Å². The number of para-hydroxylation sites is 3. The number of rotatable bonds is 1. The predicted octanol–water partition coefficient (Wildman–Crippen LogP) is 3.67. The van der Waals surface area contributed by atoms with Crippen LogP contribution in [0.2, 0.25) is 0 Å². The van der Waals surface area contributed by atoms with E-state index >= 15 is 0 Å². The SMILES string of the molecule is S=C(Nc1ccccc1)N1CCCOc2ccccc21. The normalized spacial score (nSPS) is 13.9. The van der Waals surface area contributed by atoms with Crippen molar-refractivity contribution in [3.63, 3.8) is 0 Å². The van der Waals surface area contributed by atoms with Gasteiger partial charge in [0.1, 0.15) is 5.75 Å². The molecule has 0 atom stereocenters. The first-order valence-electron chi connectivity index (χ1n) is 6.70. The lowest BCUT2D eigenvalue weighted by Crippen LogP contribution is -2.35. The Hall–Kier alpha value is -2.07. The first kappa shape index (κ1) is 12.9. The van der Waals surface area contributed by atoms with Crippen molar-refractivity contribution in [1.82, 2.24) is 0 Å². The molecule has 0 radical (unpaired) electrons. The molecule has 4 heteroatoms. The fourth-order valence-corrected chi connectivity index (χ4v) is 2.56. The van der Waals surface area contributed by atoms with E-state index in [1.807, 2.05) is 54.6 Å². The van der Waals surface area contributed by atoms with Gasteiger partial charge in [0.15, 0.2) is 5.11 Å². The maximum atomic E-state index is 5.75. The molecule has 1 aliphatic rings. The van der Waals surface area contributed by atoms with E-state index in [9.17, 15) is 0 Å². The van der Waals surface area contributed by atoms with Crippen LogP contribution in [0.5, 0.6) is 5.75 Å². The number of benzene rings is 2. The zero-order chi connectivity index (χ0) is 13.8. The molecule has 0 saturated heterocycles. The van der Waals surface area contributed by atoms with Gasteiger partial charge in [-0.15, -0.1) is 0 Å². The van der Waals surface area contributed by atoms with E-state index in [1.165, 1.54) is 0 Å². The third-order valence-corrected chi connectivity index (χ3v) is 3.53. The van der Waals surface area contributed by atoms with E-state index in [0.717, 1.165) is 36.7 Å². The average Bonchev–Trinajstić information content (AvgIpc) is 2.70. The molecule has 3 rings (SSSR count). The summed E-state index contributed by atoms with van der Waals surface area (Å²) in [5, 5.41) is 3.99. The molecule has 0 unspecified atom stereocenters. The Morgan fingerprint density at radius 2 is 1.80 bits per heavy atom. The Kier molecular flexibility index (Phi) is 3.83. The molecule has 3 nitrogen and oxygen atoms in total. The Morgan fingerprint density at radius 3 is 2.65 bits per heavy atom. The third-order valence-electron chi connectivity index (χ3n) is 3.21. The van der Waals surface area contributed by atoms with Gasteiger partial charge in [-0.1, -0.05) is 30.3 Å². The van der Waals surface area contributed by atoms with Gasteiger partial charge in [-0.05, 0) is 42.9 Å². The number of hydrogen-bond donors (Lipinski definition) is 1. The minimum Gasteiger partial charge on any atom is -0.491 e. The summed E-state index contributed by atoms with van der Waals surface area (Å²) in [5.74, 6) is 0.891. The fraction of sp³-hybridized carbons (Fsp3) is 0.188. The highest BCUT2D eigenvalue weighted by molar-refractivity contribution is 7.80. The predicted molar refractivity (Wildman–Crippen MR) is 86.6 cm³/mol. The highest BCUT2D eigenvalue weighted by Gasteiger charge is 2.19. The molecule has 2 aromatic rings. The average molecular weight is 284 g/mol. The minimum absolute atomic E-state index is 0.703. The van der Waals surface area contributed by atoms with Gasteiger partial charge in [-0.25, -0.2) is 0 Å². The lowest BCUT2D eigenvalue weighted by Gasteiger charge is -2.25. The number of ether oxygens (including phenoxy) is 1. The molecule has 0 spiro atoms. The highest BCUT2D eigenvalue weighted by Crippen LogP contribution is 2.30. The molecular formula is C16H16N2OS. The van der Waals surface area contributed by atoms with E-state index in [4.69, 9.17) is 17.0 Å². The van der Waals surface area contributed by atoms with Gasteiger partial charge in [-0.2, -0.15) is 0 Å². The van der Waals surface area contributed by atoms with E-state index in [0.29, 0.717) is 5.11 Å². The summed E-state index contributed by atoms with van der Waals surface area (Å²) in [7, 11) is 0. The van der Waals surface area contributed by atoms with E-state index in [1.54, 1.807) is 0 Å². The topological polar surface area (TPSA) is 24.5 Å². The molecule has 1 N–H and O–H groups in total. The Labute approximate surface area is 124 Å². The molecule has 1 aliphatic heterocycles. The monoisotopic (exact) mass is 284 g/mol. The molecule has 0 fully saturated rings. The molecule has 0 bridgehead atoms. The molecule has 0 saturated carbocycles. The van der Waals surface area contributed by atoms with Gasteiger partial charge in [0, 0.05) is 12.2 Å². The van der Waals surface area contributed by atoms with Crippen LogP contribution >= 0.6 is 12.2 Å². The quantitative estimate of drug-likeness (QED) is 0.808. The van der Waals surface area contributed by atoms with Crippen LogP contribution in [0, 0.1) is 0 Å². The zero-order valence-corrected chi connectivity index (χ0v) is 11.9. The molecule has 0 aromatic heterocycles. The van der Waals surface area contributed by atoms with Crippen LogP contribution in [0.1, 0.15) is 6.42 Å². The summed E-state index contributed by atoms with van der Waals surface area (Å²) >= 11 is 5.55. The summed E-state index contributed by atoms with van der Waals surface area (Å²) in [6.07, 6.45) is 0.950. The Balaban J connectivity index is 1.84. The highest BCUT2D eigenvalue weighted by atomic mass is 32.1. The number of anilines is 2. The van der Waals surface area contributed by atoms with Crippen molar-refractivity contribution in [2.45, 2.75) is 6.42 Å². The van der Waals surface area contributed by atoms with Crippen molar-refractivity contribution in [1.29, 1.82) is 0 Å². The number of nitrogens with zero attached hydrogens (tertiary/aromatic N) is 1. The zero-order valence-electron chi connectivity index (χ0n) is 11.1. The molecular weight excluding hydrogens is 268 g/mol. The van der Waals surface area contributed by atoms with Gasteiger partial charge in [0.25, 0.3) is 0 Å². The van der Waals surface area contributed by atoms with Crippen molar-refractivity contribution in [2.24, 2.45) is 0 Å². The number of thiocarbonyl (C=S) groups is 1. The smallest absolute Gasteiger partial charge is 0.178 e. The van der Waals surface area contributed by atoms with Crippen LogP contribution in [0.3, 0.4) is 0 Å². The van der Waals surface area contributed by atoms with Crippen LogP contribution < -0.4 is 15.0 Å². The van der Waals surface area contributed by atoms with Gasteiger partial charge < -0.3 is 15.0 Å². The fourth-order valence-electron chi connectivity index (χ4n) is 2.25. The summed E-state index contributed by atoms with van der Waals surface area (Å²) in [6, 6.07) is 18.0. The van der Waals surface area contributed by atoms with Crippen molar-refractivity contribution < 1.29 is 4.74 Å². The summed E-state index contributed by atoms with van der Waals surface area (Å²) in [6.45, 7) is 1.58. The first-order valence-corrected chi connectivity index (χ1v) is 7.11. The lowest BCUT2D eigenvalue weighted by molar-refractivity contribution is 0.322. The molecule has 1 heterocycles. The van der Waals surface area contributed by atoms with Crippen LogP contribution in [-0.4, -0.2) is 18.3 Å². The molecule has 2 aromatic carbocycles. The molecule has 102 valence electrons. The van der Waals surface area contributed by atoms with Gasteiger partial charge in [0.2, 0.25) is 0 Å². The van der Waals surface area contributed by atoms with Gasteiger partial charge >= 0.3 is 0 Å². The number of fused-ring (bicyclic) bond motifs is 1. The second-order valence-electron chi connectivity index (χ2n) is 4.62. The first-order chi connectivity index (χ1) is 9.84. The second kappa shape index (κ2) is 5.92. The van der Waals surface area contributed by atoms with Gasteiger partial charge in [-0.3, -0.25) is 0 Å². The largest absolute Gasteiger partial charge is 0.491 e. The summed E-state index contributed by atoms with van der Waals surface area (Å²) < 4.78 is 5.75. The number of hydrogen-bond acceptors (Lipinski definition) is 2. The Morgan fingerprint density at radius 1 is 1.05 bits per heavy atom. The van der Waals surface area contributed by atoms with E-state index in [-0.39, 0.29) is 0 Å². The van der Waals surface area contributed by atoms with Crippen molar-refractivity contribution in [3.8, 4) is 5.75 Å². The van der Waals surface area contributed by atoms with E-state index < -0.39 is 0 Å². The maximum Gasteiger partial charge on any atom is 0.178 e. The number of nitrogens with one attached hydrogen (secondary N) is 1. The third kappa shape index (κ3) is 2.75. The van der Waals surface area contributed by atoms with Crippen LogP contribution in [-0.2, 0) is 0 Å². The molecule has 20 heavy (non-hydrogen) atoms. The van der Waals surface area contributed by atoms with Crippen LogP contribution in [0.25, 0.3) is 0 Å². The van der Waals surface area contributed by atoms with Crippen molar-refractivity contribution >= 4 is 28.7 Å². The summed E-state index contributed by atoms with van der Waals surface area (Å²) in [5.41, 5.74) is 2.03. The summed E-state index contributed by atoms with van der Waals surface area (Å²) in [4.78, 5) is 2.10. The minimum atomic E-state index is 0.703. The standard InChI is InChI=1S/C16H16N2OS/c20-16(17-13-7-2-1-3-8-13)18-11-6-12-19-15-10-5-4-9-14(15)18/h1-5,7-10H,6,11-12H2,(H,17,20). The van der Waals surface area contributed by atoms with Crippen molar-refractivity contribution in [2.75, 3.05) is 23.4 Å². The molecule has 0 amide bonds. The molecule has 0 aliphatic carbocycles. The van der Waals surface area contributed by atoms with Crippen LogP contribution in [0.4, 0.5) is 11.4 Å².